The highest BCUT2D eigenvalue weighted by Gasteiger charge is 2.23. The van der Waals surface area contributed by atoms with Gasteiger partial charge in [0.25, 0.3) is 5.91 Å². The van der Waals surface area contributed by atoms with Gasteiger partial charge in [0.2, 0.25) is 0 Å². The third kappa shape index (κ3) is 3.95. The normalized spacial score (nSPS) is 17.8. The SMILES string of the molecule is Cc1cccc(N=C2NC(=O)C(=Cc3ccc(C(C)C)cc3)S2)c1. The van der Waals surface area contributed by atoms with Gasteiger partial charge in [-0.05, 0) is 59.5 Å². The summed E-state index contributed by atoms with van der Waals surface area (Å²) in [6.45, 7) is 6.36. The van der Waals surface area contributed by atoms with Gasteiger partial charge in [-0.3, -0.25) is 4.79 Å². The Morgan fingerprint density at radius 2 is 1.88 bits per heavy atom. The Hall–Kier alpha value is -2.33. The van der Waals surface area contributed by atoms with Crippen LogP contribution in [0.15, 0.2) is 58.4 Å². The number of nitrogens with one attached hydrogen (secondary N) is 1. The quantitative estimate of drug-likeness (QED) is 0.801. The monoisotopic (exact) mass is 336 g/mol. The number of carbonyl (C=O) groups excluding carboxylic acids is 1. The topological polar surface area (TPSA) is 41.5 Å². The molecule has 0 unspecified atom stereocenters. The van der Waals surface area contributed by atoms with E-state index >= 15 is 0 Å². The third-order valence-corrected chi connectivity index (χ3v) is 4.69. The van der Waals surface area contributed by atoms with Crippen molar-refractivity contribution >= 4 is 34.6 Å². The molecule has 1 N–H and O–H groups in total. The van der Waals surface area contributed by atoms with E-state index in [2.05, 4.69) is 36.3 Å². The van der Waals surface area contributed by atoms with Crippen molar-refractivity contribution in [1.29, 1.82) is 0 Å². The number of hydrogen-bond donors (Lipinski definition) is 1. The molecule has 1 aliphatic heterocycles. The second-order valence-corrected chi connectivity index (χ2v) is 7.17. The molecule has 1 amide bonds. The zero-order valence-corrected chi connectivity index (χ0v) is 14.9. The fourth-order valence-electron chi connectivity index (χ4n) is 2.42. The molecule has 0 aromatic heterocycles. The number of benzene rings is 2. The van der Waals surface area contributed by atoms with E-state index in [1.165, 1.54) is 17.3 Å². The van der Waals surface area contributed by atoms with Gasteiger partial charge in [0.1, 0.15) is 0 Å². The first-order chi connectivity index (χ1) is 11.5. The molecule has 3 nitrogen and oxygen atoms in total. The van der Waals surface area contributed by atoms with Crippen LogP contribution in [-0.4, -0.2) is 11.1 Å². The van der Waals surface area contributed by atoms with Crippen LogP contribution in [0.2, 0.25) is 0 Å². The Kier molecular flexibility index (Phi) is 4.86. The molecule has 1 saturated heterocycles. The molecule has 0 spiro atoms. The van der Waals surface area contributed by atoms with E-state index in [0.29, 0.717) is 16.0 Å². The molecular weight excluding hydrogens is 316 g/mol. The highest BCUT2D eigenvalue weighted by atomic mass is 32.2. The van der Waals surface area contributed by atoms with E-state index < -0.39 is 0 Å². The molecule has 1 fully saturated rings. The van der Waals surface area contributed by atoms with Crippen LogP contribution in [0.4, 0.5) is 5.69 Å². The van der Waals surface area contributed by atoms with Gasteiger partial charge in [-0.25, -0.2) is 4.99 Å². The maximum Gasteiger partial charge on any atom is 0.264 e. The van der Waals surface area contributed by atoms with Crippen LogP contribution < -0.4 is 5.32 Å². The molecule has 0 aliphatic carbocycles. The van der Waals surface area contributed by atoms with Crippen LogP contribution >= 0.6 is 11.8 Å². The number of thioether (sulfide) groups is 1. The lowest BCUT2D eigenvalue weighted by Gasteiger charge is -2.04. The minimum absolute atomic E-state index is 0.0978. The summed E-state index contributed by atoms with van der Waals surface area (Å²) >= 11 is 1.38. The van der Waals surface area contributed by atoms with Gasteiger partial charge < -0.3 is 5.32 Å². The van der Waals surface area contributed by atoms with Gasteiger partial charge in [-0.2, -0.15) is 0 Å². The molecule has 24 heavy (non-hydrogen) atoms. The summed E-state index contributed by atoms with van der Waals surface area (Å²) in [7, 11) is 0. The molecule has 1 heterocycles. The Morgan fingerprint density at radius 1 is 1.12 bits per heavy atom. The van der Waals surface area contributed by atoms with Gasteiger partial charge in [0.05, 0.1) is 10.6 Å². The predicted molar refractivity (Wildman–Crippen MR) is 103 cm³/mol. The van der Waals surface area contributed by atoms with Crippen molar-refractivity contribution in [2.24, 2.45) is 4.99 Å². The van der Waals surface area contributed by atoms with E-state index in [1.807, 2.05) is 49.4 Å². The van der Waals surface area contributed by atoms with E-state index in [9.17, 15) is 4.79 Å². The largest absolute Gasteiger partial charge is 0.300 e. The number of amidine groups is 1. The molecule has 0 saturated carbocycles. The van der Waals surface area contributed by atoms with Crippen LogP contribution in [0, 0.1) is 6.92 Å². The Labute approximate surface area is 146 Å². The fourth-order valence-corrected chi connectivity index (χ4v) is 3.27. The summed E-state index contributed by atoms with van der Waals surface area (Å²) in [4.78, 5) is 17.3. The molecule has 122 valence electrons. The number of aliphatic imine (C=N–C) groups is 1. The molecule has 1 aliphatic rings. The van der Waals surface area contributed by atoms with E-state index in [0.717, 1.165) is 16.8 Å². The maximum atomic E-state index is 12.1. The standard InChI is InChI=1S/C20H20N2OS/c1-13(2)16-9-7-15(8-10-16)12-18-19(23)22-20(24-18)21-17-6-4-5-14(3)11-17/h4-13H,1-3H3,(H,21,22,23). The minimum atomic E-state index is -0.0978. The smallest absolute Gasteiger partial charge is 0.264 e. The zero-order valence-electron chi connectivity index (χ0n) is 14.0. The van der Waals surface area contributed by atoms with Crippen LogP contribution in [0.25, 0.3) is 6.08 Å². The van der Waals surface area contributed by atoms with Gasteiger partial charge in [-0.1, -0.05) is 50.2 Å². The Bertz CT molecular complexity index is 820. The summed E-state index contributed by atoms with van der Waals surface area (Å²) in [6, 6.07) is 16.2. The van der Waals surface area contributed by atoms with Gasteiger partial charge in [-0.15, -0.1) is 0 Å². The molecule has 0 atom stereocenters. The van der Waals surface area contributed by atoms with E-state index in [-0.39, 0.29) is 5.91 Å². The first-order valence-corrected chi connectivity index (χ1v) is 8.79. The van der Waals surface area contributed by atoms with Gasteiger partial charge in [0, 0.05) is 0 Å². The van der Waals surface area contributed by atoms with E-state index in [4.69, 9.17) is 0 Å². The highest BCUT2D eigenvalue weighted by Crippen LogP contribution is 2.28. The van der Waals surface area contributed by atoms with Crippen LogP contribution in [-0.2, 0) is 4.79 Å². The molecule has 2 aromatic carbocycles. The second kappa shape index (κ2) is 7.05. The van der Waals surface area contributed by atoms with Gasteiger partial charge in [0.15, 0.2) is 5.17 Å². The summed E-state index contributed by atoms with van der Waals surface area (Å²) in [6.07, 6.45) is 1.91. The maximum absolute atomic E-state index is 12.1. The third-order valence-electron chi connectivity index (χ3n) is 3.78. The van der Waals surface area contributed by atoms with Crippen molar-refractivity contribution in [2.75, 3.05) is 0 Å². The number of hydrogen-bond acceptors (Lipinski definition) is 3. The molecule has 2 aromatic rings. The summed E-state index contributed by atoms with van der Waals surface area (Å²) in [5, 5.41) is 3.45. The summed E-state index contributed by atoms with van der Waals surface area (Å²) < 4.78 is 0. The van der Waals surface area contributed by atoms with Crippen molar-refractivity contribution in [1.82, 2.24) is 5.32 Å². The van der Waals surface area contributed by atoms with Crippen molar-refractivity contribution in [2.45, 2.75) is 26.7 Å². The summed E-state index contributed by atoms with van der Waals surface area (Å²) in [5.41, 5.74) is 4.31. The summed E-state index contributed by atoms with van der Waals surface area (Å²) in [5.74, 6) is 0.406. The number of aryl methyl sites for hydroxylation is 1. The van der Waals surface area contributed by atoms with E-state index in [1.54, 1.807) is 0 Å². The lowest BCUT2D eigenvalue weighted by molar-refractivity contribution is -0.115. The number of rotatable bonds is 3. The van der Waals surface area contributed by atoms with Gasteiger partial charge >= 0.3 is 0 Å². The van der Waals surface area contributed by atoms with Crippen molar-refractivity contribution in [3.63, 3.8) is 0 Å². The predicted octanol–water partition coefficient (Wildman–Crippen LogP) is 5.01. The number of amides is 1. The number of carbonyl (C=O) groups is 1. The second-order valence-electron chi connectivity index (χ2n) is 6.14. The molecular formula is C20H20N2OS. The molecule has 0 bridgehead atoms. The van der Waals surface area contributed by atoms with Crippen LogP contribution in [0.5, 0.6) is 0 Å². The Balaban J connectivity index is 1.79. The van der Waals surface area contributed by atoms with Crippen molar-refractivity contribution in [3.8, 4) is 0 Å². The lowest BCUT2D eigenvalue weighted by atomic mass is 10.0. The zero-order chi connectivity index (χ0) is 17.1. The van der Waals surface area contributed by atoms with Crippen molar-refractivity contribution < 1.29 is 4.79 Å². The minimum Gasteiger partial charge on any atom is -0.300 e. The fraction of sp³-hybridized carbons (Fsp3) is 0.200. The lowest BCUT2D eigenvalue weighted by Crippen LogP contribution is -2.19. The first-order valence-electron chi connectivity index (χ1n) is 7.97. The highest BCUT2D eigenvalue weighted by molar-refractivity contribution is 8.18. The van der Waals surface area contributed by atoms with Crippen LogP contribution in [0.1, 0.15) is 36.5 Å². The average Bonchev–Trinajstić information content (AvgIpc) is 2.87. The first kappa shape index (κ1) is 16.5. The Morgan fingerprint density at radius 3 is 2.54 bits per heavy atom. The van der Waals surface area contributed by atoms with Crippen LogP contribution in [0.3, 0.4) is 0 Å². The van der Waals surface area contributed by atoms with Crippen molar-refractivity contribution in [3.05, 3.63) is 70.1 Å². The average molecular weight is 336 g/mol. The number of nitrogens with zero attached hydrogens (tertiary/aromatic N) is 1. The molecule has 0 radical (unpaired) electrons. The molecule has 3 rings (SSSR count). The molecule has 4 heteroatoms.